The van der Waals surface area contributed by atoms with Gasteiger partial charge in [0.05, 0.1) is 17.6 Å². The Morgan fingerprint density at radius 1 is 1.17 bits per heavy atom. The fourth-order valence-corrected chi connectivity index (χ4v) is 5.34. The predicted octanol–water partition coefficient (Wildman–Crippen LogP) is 4.66. The molecule has 1 aliphatic heterocycles. The van der Waals surface area contributed by atoms with Crippen molar-refractivity contribution >= 4 is 46.0 Å². The van der Waals surface area contributed by atoms with Gasteiger partial charge in [0.1, 0.15) is 6.04 Å². The first kappa shape index (κ1) is 23.5. The first-order valence-corrected chi connectivity index (χ1v) is 12.7. The van der Waals surface area contributed by atoms with Gasteiger partial charge in [0.2, 0.25) is 17.8 Å². The van der Waals surface area contributed by atoms with Crippen LogP contribution in [-0.2, 0) is 16.0 Å². The maximum absolute atomic E-state index is 13.0. The Morgan fingerprint density at radius 2 is 1.97 bits per heavy atom. The number of fused-ring (bicyclic) bond motifs is 1. The van der Waals surface area contributed by atoms with Crippen LogP contribution in [0.15, 0.2) is 42.5 Å². The average Bonchev–Trinajstić information content (AvgIpc) is 3.36. The quantitative estimate of drug-likeness (QED) is 0.523. The highest BCUT2D eigenvalue weighted by molar-refractivity contribution is 6.31. The van der Waals surface area contributed by atoms with E-state index in [9.17, 15) is 9.59 Å². The van der Waals surface area contributed by atoms with Crippen molar-refractivity contribution in [3.63, 3.8) is 0 Å². The van der Waals surface area contributed by atoms with Gasteiger partial charge >= 0.3 is 0 Å². The minimum Gasteiger partial charge on any atom is -0.353 e. The van der Waals surface area contributed by atoms with E-state index in [-0.39, 0.29) is 18.2 Å². The molecule has 1 saturated heterocycles. The average molecular weight is 492 g/mol. The highest BCUT2D eigenvalue weighted by Gasteiger charge is 2.34. The van der Waals surface area contributed by atoms with Gasteiger partial charge in [-0.05, 0) is 43.0 Å². The molecule has 1 aromatic heterocycles. The lowest BCUT2D eigenvalue weighted by Gasteiger charge is -2.35. The molecule has 7 nitrogen and oxygen atoms in total. The van der Waals surface area contributed by atoms with Crippen molar-refractivity contribution in [3.8, 4) is 0 Å². The fourth-order valence-electron chi connectivity index (χ4n) is 5.16. The Labute approximate surface area is 210 Å². The van der Waals surface area contributed by atoms with Crippen molar-refractivity contribution in [2.45, 2.75) is 51.5 Å². The standard InChI is InChI=1S/C27H30ClN5O2/c1-17-10-11-19(28)15-22(17)30-25(34)16-24-26(35)29-12-13-33(24)27-31-21-9-5-4-8-20(21)23(32-27)14-18-6-2-3-7-18/h4-5,8-11,15,18,24H,2-3,6-7,12-14,16H2,1H3,(H,29,35)(H,30,34). The number of piperazine rings is 1. The Morgan fingerprint density at radius 3 is 2.80 bits per heavy atom. The minimum atomic E-state index is -0.691. The summed E-state index contributed by atoms with van der Waals surface area (Å²) in [7, 11) is 0. The molecule has 1 saturated carbocycles. The van der Waals surface area contributed by atoms with E-state index in [1.54, 1.807) is 12.1 Å². The zero-order valence-corrected chi connectivity index (χ0v) is 20.6. The molecule has 182 valence electrons. The molecular weight excluding hydrogens is 462 g/mol. The van der Waals surface area contributed by atoms with E-state index < -0.39 is 6.04 Å². The maximum Gasteiger partial charge on any atom is 0.243 e. The van der Waals surface area contributed by atoms with Crippen molar-refractivity contribution in [2.75, 3.05) is 23.3 Å². The summed E-state index contributed by atoms with van der Waals surface area (Å²) in [6.07, 6.45) is 5.91. The normalized spacial score (nSPS) is 18.6. The number of benzene rings is 2. The summed E-state index contributed by atoms with van der Waals surface area (Å²) >= 11 is 6.10. The van der Waals surface area contributed by atoms with E-state index in [0.717, 1.165) is 28.6 Å². The summed E-state index contributed by atoms with van der Waals surface area (Å²) in [5.74, 6) is 0.703. The second-order valence-electron chi connectivity index (χ2n) is 9.55. The SMILES string of the molecule is Cc1ccc(Cl)cc1NC(=O)CC1C(=O)NCCN1c1nc(CC2CCCC2)c2ccccc2n1. The van der Waals surface area contributed by atoms with Crippen LogP contribution in [0.5, 0.6) is 0 Å². The molecule has 0 bridgehead atoms. The van der Waals surface area contributed by atoms with Gasteiger partial charge in [-0.2, -0.15) is 0 Å². The number of carbonyl (C=O) groups is 2. The number of para-hydroxylation sites is 1. The number of hydrogen-bond donors (Lipinski definition) is 2. The number of aromatic nitrogens is 2. The number of hydrogen-bond acceptors (Lipinski definition) is 5. The number of nitrogens with zero attached hydrogens (tertiary/aromatic N) is 3. The minimum absolute atomic E-state index is 0.00800. The van der Waals surface area contributed by atoms with Crippen LogP contribution in [0.25, 0.3) is 10.9 Å². The molecule has 0 spiro atoms. The number of amides is 2. The second-order valence-corrected chi connectivity index (χ2v) is 9.99. The third-order valence-electron chi connectivity index (χ3n) is 7.07. The number of anilines is 2. The van der Waals surface area contributed by atoms with Gasteiger partial charge in [-0.1, -0.05) is 61.5 Å². The largest absolute Gasteiger partial charge is 0.353 e. The van der Waals surface area contributed by atoms with Crippen LogP contribution in [0.1, 0.15) is 43.4 Å². The number of halogens is 1. The number of carbonyl (C=O) groups excluding carboxylic acids is 2. The predicted molar refractivity (Wildman–Crippen MR) is 139 cm³/mol. The van der Waals surface area contributed by atoms with Gasteiger partial charge in [0, 0.05) is 29.2 Å². The molecule has 2 amide bonds. The first-order chi connectivity index (χ1) is 17.0. The van der Waals surface area contributed by atoms with Crippen molar-refractivity contribution < 1.29 is 9.59 Å². The van der Waals surface area contributed by atoms with E-state index >= 15 is 0 Å². The lowest BCUT2D eigenvalue weighted by molar-refractivity contribution is -0.126. The van der Waals surface area contributed by atoms with Gasteiger partial charge in [-0.25, -0.2) is 9.97 Å². The monoisotopic (exact) mass is 491 g/mol. The third kappa shape index (κ3) is 5.25. The second kappa shape index (κ2) is 10.2. The Balaban J connectivity index is 1.43. The van der Waals surface area contributed by atoms with Gasteiger partial charge in [-0.3, -0.25) is 9.59 Å². The molecule has 2 heterocycles. The number of rotatable bonds is 6. The van der Waals surface area contributed by atoms with Crippen LogP contribution in [-0.4, -0.2) is 40.9 Å². The summed E-state index contributed by atoms with van der Waals surface area (Å²) in [6, 6.07) is 12.7. The highest BCUT2D eigenvalue weighted by Crippen LogP contribution is 2.31. The van der Waals surface area contributed by atoms with E-state index in [4.69, 9.17) is 21.6 Å². The summed E-state index contributed by atoms with van der Waals surface area (Å²) in [6.45, 7) is 2.93. The lowest BCUT2D eigenvalue weighted by Crippen LogP contribution is -2.57. The molecule has 8 heteroatoms. The summed E-state index contributed by atoms with van der Waals surface area (Å²) in [5.41, 5.74) is 3.45. The smallest absolute Gasteiger partial charge is 0.243 e. The zero-order valence-electron chi connectivity index (χ0n) is 19.9. The van der Waals surface area contributed by atoms with Crippen LogP contribution in [0.4, 0.5) is 11.6 Å². The molecule has 1 aliphatic carbocycles. The van der Waals surface area contributed by atoms with Gasteiger partial charge in [0.25, 0.3) is 0 Å². The summed E-state index contributed by atoms with van der Waals surface area (Å²) in [4.78, 5) is 37.6. The summed E-state index contributed by atoms with van der Waals surface area (Å²) < 4.78 is 0. The van der Waals surface area contributed by atoms with Gasteiger partial charge < -0.3 is 15.5 Å². The van der Waals surface area contributed by atoms with Crippen LogP contribution in [0, 0.1) is 12.8 Å². The highest BCUT2D eigenvalue weighted by atomic mass is 35.5. The molecule has 35 heavy (non-hydrogen) atoms. The summed E-state index contributed by atoms with van der Waals surface area (Å²) in [5, 5.41) is 7.41. The molecule has 0 radical (unpaired) electrons. The number of nitrogens with one attached hydrogen (secondary N) is 2. The Kier molecular flexibility index (Phi) is 6.86. The van der Waals surface area contributed by atoms with Crippen LogP contribution in [0.3, 0.4) is 0 Å². The molecule has 2 aliphatic rings. The topological polar surface area (TPSA) is 87.2 Å². The molecule has 1 atom stereocenters. The van der Waals surface area contributed by atoms with E-state index in [1.165, 1.54) is 25.7 Å². The van der Waals surface area contributed by atoms with Crippen LogP contribution >= 0.6 is 11.6 Å². The van der Waals surface area contributed by atoms with Crippen molar-refractivity contribution in [1.82, 2.24) is 15.3 Å². The van der Waals surface area contributed by atoms with E-state index in [1.807, 2.05) is 36.1 Å². The Hall–Kier alpha value is -3.19. The van der Waals surface area contributed by atoms with E-state index in [2.05, 4.69) is 16.7 Å². The van der Waals surface area contributed by atoms with Gasteiger partial charge in [0.15, 0.2) is 0 Å². The van der Waals surface area contributed by atoms with Crippen molar-refractivity contribution in [2.24, 2.45) is 5.92 Å². The lowest BCUT2D eigenvalue weighted by atomic mass is 9.99. The van der Waals surface area contributed by atoms with E-state index in [0.29, 0.717) is 35.7 Å². The third-order valence-corrected chi connectivity index (χ3v) is 7.30. The molecule has 1 unspecified atom stereocenters. The molecule has 3 aromatic rings. The molecular formula is C27H30ClN5O2. The van der Waals surface area contributed by atoms with Crippen molar-refractivity contribution in [1.29, 1.82) is 0 Å². The molecule has 5 rings (SSSR count). The molecule has 2 fully saturated rings. The van der Waals surface area contributed by atoms with Gasteiger partial charge in [-0.15, -0.1) is 0 Å². The Bertz CT molecular complexity index is 1260. The zero-order chi connectivity index (χ0) is 24.4. The maximum atomic E-state index is 13.0. The molecule has 2 aromatic carbocycles. The molecule has 2 N–H and O–H groups in total. The number of aryl methyl sites for hydroxylation is 1. The first-order valence-electron chi connectivity index (χ1n) is 12.3. The fraction of sp³-hybridized carbons (Fsp3) is 0.407. The van der Waals surface area contributed by atoms with Crippen molar-refractivity contribution in [3.05, 3.63) is 58.7 Å². The van der Waals surface area contributed by atoms with Crippen LogP contribution in [0.2, 0.25) is 5.02 Å². The van der Waals surface area contributed by atoms with Crippen LogP contribution < -0.4 is 15.5 Å².